The maximum Gasteiger partial charge on any atom is 0.236 e. The quantitative estimate of drug-likeness (QED) is 0.887. The third-order valence-electron chi connectivity index (χ3n) is 4.21. The number of benzene rings is 1. The molecule has 1 aromatic carbocycles. The maximum absolute atomic E-state index is 12.3. The summed E-state index contributed by atoms with van der Waals surface area (Å²) in [5.41, 5.74) is 2.29. The summed E-state index contributed by atoms with van der Waals surface area (Å²) in [5, 5.41) is 9.50. The Morgan fingerprint density at radius 1 is 1.18 bits per heavy atom. The van der Waals surface area contributed by atoms with Crippen LogP contribution < -0.4 is 4.90 Å². The molecule has 5 nitrogen and oxygen atoms in total. The molecule has 1 aliphatic rings. The second-order valence-corrected chi connectivity index (χ2v) is 6.32. The Hall–Kier alpha value is -1.59. The first kappa shape index (κ1) is 16.8. The number of carbonyl (C=O) groups excluding carboxylic acids is 1. The highest BCUT2D eigenvalue weighted by Crippen LogP contribution is 2.14. The molecular weight excluding hydrogens is 278 g/mol. The Kier molecular flexibility index (Phi) is 5.80. The van der Waals surface area contributed by atoms with Gasteiger partial charge in [-0.25, -0.2) is 0 Å². The smallest absolute Gasteiger partial charge is 0.236 e. The summed E-state index contributed by atoms with van der Waals surface area (Å²) in [6, 6.07) is 8.27. The van der Waals surface area contributed by atoms with Gasteiger partial charge in [-0.2, -0.15) is 0 Å². The number of aliphatic hydroxyl groups is 1. The molecule has 22 heavy (non-hydrogen) atoms. The van der Waals surface area contributed by atoms with E-state index in [1.807, 2.05) is 21.1 Å². The fraction of sp³-hybridized carbons (Fsp3) is 0.588. The third-order valence-corrected chi connectivity index (χ3v) is 4.21. The molecule has 1 amide bonds. The molecule has 1 aliphatic heterocycles. The number of piperidine rings is 1. The predicted octanol–water partition coefficient (Wildman–Crippen LogP) is 1.17. The van der Waals surface area contributed by atoms with Crippen LogP contribution in [0.25, 0.3) is 0 Å². The van der Waals surface area contributed by atoms with Crippen LogP contribution in [0.15, 0.2) is 24.3 Å². The van der Waals surface area contributed by atoms with Gasteiger partial charge < -0.3 is 14.9 Å². The average molecular weight is 305 g/mol. The highest BCUT2D eigenvalue weighted by Gasteiger charge is 2.20. The number of likely N-dealkylation sites (tertiary alicyclic amines) is 1. The van der Waals surface area contributed by atoms with Crippen molar-refractivity contribution in [2.24, 2.45) is 0 Å². The molecule has 0 radical (unpaired) electrons. The van der Waals surface area contributed by atoms with Gasteiger partial charge in [-0.05, 0) is 30.5 Å². The molecule has 0 aromatic heterocycles. The standard InChI is InChI=1S/C17H27N3O2/c1-18(2)15-6-4-14(5-7-15)12-19(3)17(22)13-20-10-8-16(21)9-11-20/h4-7,16,21H,8-13H2,1-3H3. The zero-order chi connectivity index (χ0) is 16.1. The van der Waals surface area contributed by atoms with Crippen molar-refractivity contribution in [2.75, 3.05) is 45.7 Å². The minimum atomic E-state index is -0.195. The van der Waals surface area contributed by atoms with Crippen LogP contribution in [-0.2, 0) is 11.3 Å². The van der Waals surface area contributed by atoms with Gasteiger partial charge in [0, 0.05) is 46.5 Å². The molecule has 1 fully saturated rings. The number of hydrogen-bond donors (Lipinski definition) is 1. The molecule has 5 heteroatoms. The molecule has 2 rings (SSSR count). The first-order valence-corrected chi connectivity index (χ1v) is 7.86. The van der Waals surface area contributed by atoms with Gasteiger partial charge in [-0.3, -0.25) is 9.69 Å². The summed E-state index contributed by atoms with van der Waals surface area (Å²) in [6.07, 6.45) is 1.34. The Morgan fingerprint density at radius 3 is 2.32 bits per heavy atom. The van der Waals surface area contributed by atoms with Crippen LogP contribution >= 0.6 is 0 Å². The number of aliphatic hydroxyl groups excluding tert-OH is 1. The minimum Gasteiger partial charge on any atom is -0.393 e. The molecule has 1 heterocycles. The number of likely N-dealkylation sites (N-methyl/N-ethyl adjacent to an activating group) is 1. The second-order valence-electron chi connectivity index (χ2n) is 6.32. The van der Waals surface area contributed by atoms with Gasteiger partial charge >= 0.3 is 0 Å². The van der Waals surface area contributed by atoms with Gasteiger partial charge in [-0.15, -0.1) is 0 Å². The molecule has 0 bridgehead atoms. The molecule has 0 saturated carbocycles. The molecular formula is C17H27N3O2. The Bertz CT molecular complexity index is 479. The van der Waals surface area contributed by atoms with Gasteiger partial charge in [0.2, 0.25) is 5.91 Å². The summed E-state index contributed by atoms with van der Waals surface area (Å²) in [6.45, 7) is 2.68. The molecule has 122 valence electrons. The number of hydrogen-bond acceptors (Lipinski definition) is 4. The fourth-order valence-corrected chi connectivity index (χ4v) is 2.65. The van der Waals surface area contributed by atoms with Crippen LogP contribution in [0.5, 0.6) is 0 Å². The lowest BCUT2D eigenvalue weighted by molar-refractivity contribution is -0.132. The van der Waals surface area contributed by atoms with Gasteiger partial charge in [0.25, 0.3) is 0 Å². The van der Waals surface area contributed by atoms with Gasteiger partial charge in [0.15, 0.2) is 0 Å². The van der Waals surface area contributed by atoms with Gasteiger partial charge in [0.1, 0.15) is 0 Å². The van der Waals surface area contributed by atoms with Crippen molar-refractivity contribution < 1.29 is 9.90 Å². The number of nitrogens with zero attached hydrogens (tertiary/aromatic N) is 3. The number of rotatable bonds is 5. The molecule has 1 saturated heterocycles. The highest BCUT2D eigenvalue weighted by molar-refractivity contribution is 5.78. The van der Waals surface area contributed by atoms with Crippen molar-refractivity contribution in [3.63, 3.8) is 0 Å². The van der Waals surface area contributed by atoms with Gasteiger partial charge in [0.05, 0.1) is 12.6 Å². The van der Waals surface area contributed by atoms with Crippen molar-refractivity contribution >= 4 is 11.6 Å². The van der Waals surface area contributed by atoms with Crippen LogP contribution in [0.3, 0.4) is 0 Å². The van der Waals surface area contributed by atoms with E-state index in [-0.39, 0.29) is 12.0 Å². The number of anilines is 1. The van der Waals surface area contributed by atoms with Crippen LogP contribution in [0.2, 0.25) is 0 Å². The minimum absolute atomic E-state index is 0.132. The fourth-order valence-electron chi connectivity index (χ4n) is 2.65. The molecule has 0 aliphatic carbocycles. The van der Waals surface area contributed by atoms with Crippen molar-refractivity contribution in [1.82, 2.24) is 9.80 Å². The molecule has 1 aromatic rings. The van der Waals surface area contributed by atoms with E-state index in [0.29, 0.717) is 13.1 Å². The molecule has 0 atom stereocenters. The van der Waals surface area contributed by atoms with E-state index in [9.17, 15) is 9.90 Å². The van der Waals surface area contributed by atoms with Gasteiger partial charge in [-0.1, -0.05) is 12.1 Å². The van der Waals surface area contributed by atoms with E-state index in [1.54, 1.807) is 4.90 Å². The lowest BCUT2D eigenvalue weighted by Gasteiger charge is -2.30. The molecule has 0 unspecified atom stereocenters. The zero-order valence-electron chi connectivity index (χ0n) is 13.8. The normalized spacial score (nSPS) is 16.5. The van der Waals surface area contributed by atoms with Crippen LogP contribution in [0.1, 0.15) is 18.4 Å². The Labute approximate surface area is 133 Å². The summed E-state index contributed by atoms with van der Waals surface area (Å²) >= 11 is 0. The second kappa shape index (κ2) is 7.61. The van der Waals surface area contributed by atoms with Crippen LogP contribution in [0.4, 0.5) is 5.69 Å². The van der Waals surface area contributed by atoms with Crippen LogP contribution in [0, 0.1) is 0 Å². The largest absolute Gasteiger partial charge is 0.393 e. The molecule has 1 N–H and O–H groups in total. The predicted molar refractivity (Wildman–Crippen MR) is 88.9 cm³/mol. The summed E-state index contributed by atoms with van der Waals surface area (Å²) in [5.74, 6) is 0.132. The first-order valence-electron chi connectivity index (χ1n) is 7.86. The Balaban J connectivity index is 1.83. The van der Waals surface area contributed by atoms with E-state index in [0.717, 1.165) is 37.2 Å². The van der Waals surface area contributed by atoms with Crippen molar-refractivity contribution in [1.29, 1.82) is 0 Å². The molecule has 0 spiro atoms. The summed E-state index contributed by atoms with van der Waals surface area (Å²) < 4.78 is 0. The number of carbonyl (C=O) groups is 1. The van der Waals surface area contributed by atoms with E-state index in [4.69, 9.17) is 0 Å². The van der Waals surface area contributed by atoms with E-state index in [2.05, 4.69) is 34.1 Å². The van der Waals surface area contributed by atoms with E-state index < -0.39 is 0 Å². The van der Waals surface area contributed by atoms with Crippen LogP contribution in [-0.4, -0.2) is 67.7 Å². The lowest BCUT2D eigenvalue weighted by atomic mass is 10.1. The van der Waals surface area contributed by atoms with E-state index in [1.165, 1.54) is 0 Å². The first-order chi connectivity index (χ1) is 10.5. The highest BCUT2D eigenvalue weighted by atomic mass is 16.3. The number of amides is 1. The monoisotopic (exact) mass is 305 g/mol. The maximum atomic E-state index is 12.3. The third kappa shape index (κ3) is 4.71. The van der Waals surface area contributed by atoms with E-state index >= 15 is 0 Å². The zero-order valence-corrected chi connectivity index (χ0v) is 13.8. The lowest BCUT2D eigenvalue weighted by Crippen LogP contribution is -2.43. The summed E-state index contributed by atoms with van der Waals surface area (Å²) in [4.78, 5) is 18.2. The SMILES string of the molecule is CN(Cc1ccc(N(C)C)cc1)C(=O)CN1CCC(O)CC1. The van der Waals surface area contributed by atoms with Crippen molar-refractivity contribution in [3.8, 4) is 0 Å². The van der Waals surface area contributed by atoms with Crippen molar-refractivity contribution in [2.45, 2.75) is 25.5 Å². The average Bonchev–Trinajstić information content (AvgIpc) is 2.50. The van der Waals surface area contributed by atoms with Crippen molar-refractivity contribution in [3.05, 3.63) is 29.8 Å². The topological polar surface area (TPSA) is 47.0 Å². The Morgan fingerprint density at radius 2 is 1.77 bits per heavy atom. The summed E-state index contributed by atoms with van der Waals surface area (Å²) in [7, 11) is 5.88.